The van der Waals surface area contributed by atoms with Gasteiger partial charge in [-0.05, 0) is 19.9 Å². The van der Waals surface area contributed by atoms with E-state index in [0.29, 0.717) is 45.3 Å². The van der Waals surface area contributed by atoms with Crippen LogP contribution in [0.1, 0.15) is 29.9 Å². The lowest BCUT2D eigenvalue weighted by molar-refractivity contribution is -0.136. The van der Waals surface area contributed by atoms with Gasteiger partial charge in [-0.25, -0.2) is 4.68 Å². The van der Waals surface area contributed by atoms with Gasteiger partial charge in [0, 0.05) is 45.2 Å². The van der Waals surface area contributed by atoms with Gasteiger partial charge in [0.05, 0.1) is 20.3 Å². The summed E-state index contributed by atoms with van der Waals surface area (Å²) in [5, 5.41) is 6.93. The first kappa shape index (κ1) is 19.6. The summed E-state index contributed by atoms with van der Waals surface area (Å²) >= 11 is 0. The van der Waals surface area contributed by atoms with Crippen LogP contribution in [-0.2, 0) is 16.6 Å². The van der Waals surface area contributed by atoms with Gasteiger partial charge in [0.15, 0.2) is 0 Å². The SMILES string of the molecule is COc1nc(C(=O)NC[C@@H]2CC[C@H](CC(=O)N3CCOCC3)N2C)nn1C. The molecular formula is C17H28N6O4. The molecule has 0 aromatic carbocycles. The Morgan fingerprint density at radius 1 is 1.22 bits per heavy atom. The molecule has 27 heavy (non-hydrogen) atoms. The molecule has 10 nitrogen and oxygen atoms in total. The van der Waals surface area contributed by atoms with Gasteiger partial charge in [-0.3, -0.25) is 14.5 Å². The number of hydrogen-bond donors (Lipinski definition) is 1. The van der Waals surface area contributed by atoms with Crippen LogP contribution in [0.3, 0.4) is 0 Å². The van der Waals surface area contributed by atoms with Crippen LogP contribution in [-0.4, -0.2) is 95.5 Å². The predicted octanol–water partition coefficient (Wildman–Crippen LogP) is -0.735. The van der Waals surface area contributed by atoms with E-state index < -0.39 is 0 Å². The van der Waals surface area contributed by atoms with Crippen molar-refractivity contribution in [2.24, 2.45) is 7.05 Å². The van der Waals surface area contributed by atoms with Crippen LogP contribution in [0.5, 0.6) is 6.01 Å². The molecule has 150 valence electrons. The zero-order valence-corrected chi connectivity index (χ0v) is 16.2. The Labute approximate surface area is 158 Å². The maximum Gasteiger partial charge on any atom is 0.314 e. The first-order valence-electron chi connectivity index (χ1n) is 9.30. The number of morpholine rings is 1. The van der Waals surface area contributed by atoms with Crippen LogP contribution < -0.4 is 10.1 Å². The molecule has 1 N–H and O–H groups in total. The number of carbonyl (C=O) groups is 2. The van der Waals surface area contributed by atoms with Crippen molar-refractivity contribution in [1.29, 1.82) is 0 Å². The predicted molar refractivity (Wildman–Crippen MR) is 96.5 cm³/mol. The van der Waals surface area contributed by atoms with E-state index in [4.69, 9.17) is 9.47 Å². The van der Waals surface area contributed by atoms with E-state index in [1.165, 1.54) is 11.8 Å². The third-order valence-electron chi connectivity index (χ3n) is 5.37. The summed E-state index contributed by atoms with van der Waals surface area (Å²) in [6.45, 7) is 3.09. The van der Waals surface area contributed by atoms with Crippen molar-refractivity contribution in [3.8, 4) is 6.01 Å². The van der Waals surface area contributed by atoms with Crippen LogP contribution in [0, 0.1) is 0 Å². The van der Waals surface area contributed by atoms with Gasteiger partial charge in [0.2, 0.25) is 11.7 Å². The van der Waals surface area contributed by atoms with E-state index in [2.05, 4.69) is 20.3 Å². The van der Waals surface area contributed by atoms with Gasteiger partial charge in [0.1, 0.15) is 0 Å². The van der Waals surface area contributed by atoms with Crippen LogP contribution in [0.2, 0.25) is 0 Å². The zero-order valence-electron chi connectivity index (χ0n) is 16.2. The number of methoxy groups -OCH3 is 1. The summed E-state index contributed by atoms with van der Waals surface area (Å²) in [7, 11) is 5.17. The minimum atomic E-state index is -0.324. The Hall–Kier alpha value is -2.20. The van der Waals surface area contributed by atoms with Gasteiger partial charge >= 0.3 is 6.01 Å². The second-order valence-corrected chi connectivity index (χ2v) is 7.00. The van der Waals surface area contributed by atoms with Crippen molar-refractivity contribution in [2.75, 3.05) is 47.0 Å². The Bertz CT molecular complexity index is 672. The number of nitrogens with zero attached hydrogens (tertiary/aromatic N) is 5. The smallest absolute Gasteiger partial charge is 0.314 e. The quantitative estimate of drug-likeness (QED) is 0.694. The van der Waals surface area contributed by atoms with E-state index in [9.17, 15) is 9.59 Å². The topological polar surface area (TPSA) is 102 Å². The maximum absolute atomic E-state index is 12.5. The van der Waals surface area contributed by atoms with E-state index in [1.54, 1.807) is 7.05 Å². The van der Waals surface area contributed by atoms with Crippen LogP contribution in [0.4, 0.5) is 0 Å². The number of hydrogen-bond acceptors (Lipinski definition) is 7. The van der Waals surface area contributed by atoms with Gasteiger partial charge < -0.3 is 19.7 Å². The van der Waals surface area contributed by atoms with Crippen LogP contribution in [0.15, 0.2) is 0 Å². The number of aromatic nitrogens is 3. The number of likely N-dealkylation sites (tertiary alicyclic amines) is 1. The van der Waals surface area contributed by atoms with E-state index in [0.717, 1.165) is 12.8 Å². The summed E-state index contributed by atoms with van der Waals surface area (Å²) < 4.78 is 11.8. The second kappa shape index (κ2) is 8.66. The van der Waals surface area contributed by atoms with Gasteiger partial charge in [-0.15, -0.1) is 5.10 Å². The molecule has 3 rings (SSSR count). The third-order valence-corrected chi connectivity index (χ3v) is 5.37. The van der Waals surface area contributed by atoms with Crippen molar-refractivity contribution in [3.63, 3.8) is 0 Å². The highest BCUT2D eigenvalue weighted by Gasteiger charge is 2.33. The van der Waals surface area contributed by atoms with E-state index >= 15 is 0 Å². The molecule has 0 unspecified atom stereocenters. The molecule has 0 saturated carbocycles. The van der Waals surface area contributed by atoms with Crippen LogP contribution >= 0.6 is 0 Å². The molecule has 1 aromatic rings. The highest BCUT2D eigenvalue weighted by atomic mass is 16.5. The van der Waals surface area contributed by atoms with Crippen molar-refractivity contribution in [1.82, 2.24) is 29.9 Å². The molecule has 2 aliphatic heterocycles. The standard InChI is InChI=1S/C17H28N6O4/c1-21-12(10-14(24)23-6-8-27-9-7-23)4-5-13(21)11-18-16(25)15-19-17(26-3)22(2)20-15/h12-13H,4-11H2,1-3H3,(H,18,25)/t12-,13+/m1/s1. The summed E-state index contributed by atoms with van der Waals surface area (Å²) in [4.78, 5) is 32.8. The summed E-state index contributed by atoms with van der Waals surface area (Å²) in [5.74, 6) is -0.0474. The molecule has 2 fully saturated rings. The molecule has 0 spiro atoms. The molecule has 0 radical (unpaired) electrons. The molecule has 3 heterocycles. The monoisotopic (exact) mass is 380 g/mol. The highest BCUT2D eigenvalue weighted by molar-refractivity contribution is 5.90. The minimum absolute atomic E-state index is 0.0917. The van der Waals surface area contributed by atoms with Gasteiger partial charge in [-0.2, -0.15) is 4.98 Å². The number of rotatable bonds is 6. The number of ether oxygens (including phenoxy) is 2. The van der Waals surface area contributed by atoms with Crippen LogP contribution in [0.25, 0.3) is 0 Å². The summed E-state index contributed by atoms with van der Waals surface area (Å²) in [6, 6.07) is 0.692. The fourth-order valence-electron chi connectivity index (χ4n) is 3.66. The number of likely N-dealkylation sites (N-methyl/N-ethyl adjacent to an activating group) is 1. The average Bonchev–Trinajstić information content (AvgIpc) is 3.23. The minimum Gasteiger partial charge on any atom is -0.467 e. The number of aryl methyl sites for hydroxylation is 1. The fourth-order valence-corrected chi connectivity index (χ4v) is 3.66. The first-order valence-corrected chi connectivity index (χ1v) is 9.30. The largest absolute Gasteiger partial charge is 0.467 e. The maximum atomic E-state index is 12.5. The summed E-state index contributed by atoms with van der Waals surface area (Å²) in [6.07, 6.45) is 2.40. The molecule has 10 heteroatoms. The number of carbonyl (C=O) groups excluding carboxylic acids is 2. The molecule has 2 amide bonds. The molecular weight excluding hydrogens is 352 g/mol. The van der Waals surface area contributed by atoms with E-state index in [-0.39, 0.29) is 29.7 Å². The zero-order chi connectivity index (χ0) is 19.4. The highest BCUT2D eigenvalue weighted by Crippen LogP contribution is 2.25. The normalized spacial score (nSPS) is 23.4. The van der Waals surface area contributed by atoms with Gasteiger partial charge in [0.25, 0.3) is 5.91 Å². The van der Waals surface area contributed by atoms with E-state index in [1.807, 2.05) is 11.9 Å². The molecule has 0 bridgehead atoms. The fraction of sp³-hybridized carbons (Fsp3) is 0.765. The number of amides is 2. The lowest BCUT2D eigenvalue weighted by Crippen LogP contribution is -2.45. The molecule has 2 aliphatic rings. The molecule has 2 saturated heterocycles. The lowest BCUT2D eigenvalue weighted by Gasteiger charge is -2.30. The van der Waals surface area contributed by atoms with Crippen molar-refractivity contribution in [2.45, 2.75) is 31.3 Å². The van der Waals surface area contributed by atoms with Crippen molar-refractivity contribution >= 4 is 11.8 Å². The Morgan fingerprint density at radius 3 is 2.59 bits per heavy atom. The average molecular weight is 380 g/mol. The third kappa shape index (κ3) is 4.56. The molecule has 0 aliphatic carbocycles. The Morgan fingerprint density at radius 2 is 1.93 bits per heavy atom. The van der Waals surface area contributed by atoms with Gasteiger partial charge in [-0.1, -0.05) is 0 Å². The van der Waals surface area contributed by atoms with Crippen molar-refractivity contribution < 1.29 is 19.1 Å². The molecule has 2 atom stereocenters. The first-order chi connectivity index (χ1) is 13.0. The van der Waals surface area contributed by atoms with Crippen molar-refractivity contribution in [3.05, 3.63) is 5.82 Å². The molecule has 1 aromatic heterocycles. The Balaban J connectivity index is 1.47. The lowest BCUT2D eigenvalue weighted by atomic mass is 10.1. The summed E-state index contributed by atoms with van der Waals surface area (Å²) in [5.41, 5.74) is 0. The second-order valence-electron chi connectivity index (χ2n) is 7.00. The Kier molecular flexibility index (Phi) is 6.27. The number of nitrogens with one attached hydrogen (secondary N) is 1.